The Morgan fingerprint density at radius 1 is 1.17 bits per heavy atom. The molecule has 106 valence electrons. The molecule has 3 heteroatoms. The van der Waals surface area contributed by atoms with E-state index in [9.17, 15) is 5.11 Å². The Morgan fingerprint density at radius 3 is 2.22 bits per heavy atom. The van der Waals surface area contributed by atoms with E-state index < -0.39 is 5.60 Å². The Bertz CT molecular complexity index is 287. The molecule has 0 spiro atoms. The Balaban J connectivity index is 3.96. The third-order valence-corrected chi connectivity index (χ3v) is 4.61. The lowest BCUT2D eigenvalue weighted by molar-refractivity contribution is 0.0774. The summed E-state index contributed by atoms with van der Waals surface area (Å²) in [5.41, 5.74) is 1.93. The van der Waals surface area contributed by atoms with Gasteiger partial charge in [0.1, 0.15) is 0 Å². The summed E-state index contributed by atoms with van der Waals surface area (Å²) in [6.07, 6.45) is 8.06. The molecule has 2 nitrogen and oxygen atoms in total. The molecule has 0 radical (unpaired) electrons. The standard InChI is InChI=1S/C15H27BrO2/c1-12(6-5-7-13(2)10-11-17)8-9-14(16)15(3,4)18/h6,10,14,17-18H,5,7-9,11H2,1-4H3/b12-6+,13-10+. The smallest absolute Gasteiger partial charge is 0.0716 e. The minimum absolute atomic E-state index is 0.129. The van der Waals surface area contributed by atoms with E-state index in [1.807, 2.05) is 26.8 Å². The van der Waals surface area contributed by atoms with Crippen molar-refractivity contribution in [3.05, 3.63) is 23.3 Å². The zero-order valence-corrected chi connectivity index (χ0v) is 13.6. The van der Waals surface area contributed by atoms with E-state index >= 15 is 0 Å². The molecule has 0 rings (SSSR count). The minimum atomic E-state index is -0.666. The van der Waals surface area contributed by atoms with Crippen LogP contribution in [0.3, 0.4) is 0 Å². The topological polar surface area (TPSA) is 40.5 Å². The van der Waals surface area contributed by atoms with E-state index in [-0.39, 0.29) is 11.4 Å². The summed E-state index contributed by atoms with van der Waals surface area (Å²) < 4.78 is 0. The highest BCUT2D eigenvalue weighted by molar-refractivity contribution is 9.09. The summed E-state index contributed by atoms with van der Waals surface area (Å²) in [6, 6.07) is 0. The van der Waals surface area contributed by atoms with Crippen LogP contribution >= 0.6 is 15.9 Å². The van der Waals surface area contributed by atoms with Crippen molar-refractivity contribution in [2.45, 2.75) is 63.8 Å². The molecule has 0 saturated carbocycles. The molecular formula is C15H27BrO2. The van der Waals surface area contributed by atoms with Crippen LogP contribution < -0.4 is 0 Å². The molecule has 0 aromatic rings. The van der Waals surface area contributed by atoms with Gasteiger partial charge in [-0.2, -0.15) is 0 Å². The number of hydrogen-bond donors (Lipinski definition) is 2. The van der Waals surface area contributed by atoms with Gasteiger partial charge in [-0.1, -0.05) is 39.2 Å². The second-order valence-corrected chi connectivity index (χ2v) is 6.59. The molecule has 0 saturated heterocycles. The van der Waals surface area contributed by atoms with Crippen molar-refractivity contribution in [3.63, 3.8) is 0 Å². The van der Waals surface area contributed by atoms with Gasteiger partial charge in [0.2, 0.25) is 0 Å². The first-order valence-corrected chi connectivity index (χ1v) is 7.47. The average molecular weight is 319 g/mol. The molecular weight excluding hydrogens is 292 g/mol. The predicted molar refractivity (Wildman–Crippen MR) is 82.1 cm³/mol. The van der Waals surface area contributed by atoms with E-state index in [0.29, 0.717) is 0 Å². The van der Waals surface area contributed by atoms with Crippen molar-refractivity contribution in [1.82, 2.24) is 0 Å². The molecule has 0 aliphatic carbocycles. The highest BCUT2D eigenvalue weighted by Gasteiger charge is 2.23. The van der Waals surface area contributed by atoms with Gasteiger partial charge < -0.3 is 10.2 Å². The molecule has 0 amide bonds. The maximum Gasteiger partial charge on any atom is 0.0716 e. The number of hydrogen-bond acceptors (Lipinski definition) is 2. The molecule has 0 heterocycles. The highest BCUT2D eigenvalue weighted by Crippen LogP contribution is 2.24. The summed E-state index contributed by atoms with van der Waals surface area (Å²) in [5.74, 6) is 0. The van der Waals surface area contributed by atoms with Crippen LogP contribution in [0.1, 0.15) is 53.4 Å². The molecule has 2 N–H and O–H groups in total. The second-order valence-electron chi connectivity index (χ2n) is 5.48. The lowest BCUT2D eigenvalue weighted by atomic mass is 9.98. The van der Waals surface area contributed by atoms with Crippen molar-refractivity contribution in [3.8, 4) is 0 Å². The SMILES string of the molecule is C/C(=C\CO)CC/C=C(\C)CCC(Br)C(C)(C)O. The van der Waals surface area contributed by atoms with E-state index in [1.165, 1.54) is 11.1 Å². The lowest BCUT2D eigenvalue weighted by Gasteiger charge is -2.24. The molecule has 0 bridgehead atoms. The van der Waals surface area contributed by atoms with E-state index in [4.69, 9.17) is 5.11 Å². The highest BCUT2D eigenvalue weighted by atomic mass is 79.9. The number of halogens is 1. The largest absolute Gasteiger partial charge is 0.392 e. The van der Waals surface area contributed by atoms with Crippen molar-refractivity contribution in [1.29, 1.82) is 0 Å². The first kappa shape index (κ1) is 17.9. The maximum absolute atomic E-state index is 9.81. The fraction of sp³-hybridized carbons (Fsp3) is 0.733. The molecule has 0 aromatic carbocycles. The van der Waals surface area contributed by atoms with Crippen LogP contribution in [-0.4, -0.2) is 27.2 Å². The normalized spacial score (nSPS) is 15.9. The summed E-state index contributed by atoms with van der Waals surface area (Å²) in [6.45, 7) is 7.96. The van der Waals surface area contributed by atoms with Gasteiger partial charge in [0.15, 0.2) is 0 Å². The van der Waals surface area contributed by atoms with Crippen LogP contribution in [0, 0.1) is 0 Å². The second kappa shape index (κ2) is 8.89. The van der Waals surface area contributed by atoms with Crippen molar-refractivity contribution in [2.24, 2.45) is 0 Å². The van der Waals surface area contributed by atoms with Gasteiger partial charge in [0.05, 0.1) is 12.2 Å². The lowest BCUT2D eigenvalue weighted by Crippen LogP contribution is -2.31. The van der Waals surface area contributed by atoms with Gasteiger partial charge >= 0.3 is 0 Å². The van der Waals surface area contributed by atoms with Gasteiger partial charge in [-0.25, -0.2) is 0 Å². The molecule has 0 aromatic heterocycles. The van der Waals surface area contributed by atoms with Gasteiger partial charge in [0, 0.05) is 4.83 Å². The Labute approximate surface area is 120 Å². The quantitative estimate of drug-likeness (QED) is 0.525. The van der Waals surface area contributed by atoms with Gasteiger partial charge in [0.25, 0.3) is 0 Å². The summed E-state index contributed by atoms with van der Waals surface area (Å²) in [4.78, 5) is 0.129. The fourth-order valence-corrected chi connectivity index (χ4v) is 1.84. The first-order valence-electron chi connectivity index (χ1n) is 6.56. The number of aliphatic hydroxyl groups excluding tert-OH is 1. The molecule has 1 atom stereocenters. The molecule has 0 fully saturated rings. The monoisotopic (exact) mass is 318 g/mol. The van der Waals surface area contributed by atoms with Gasteiger partial charge in [-0.15, -0.1) is 0 Å². The molecule has 0 aliphatic heterocycles. The van der Waals surface area contributed by atoms with E-state index in [1.54, 1.807) is 0 Å². The van der Waals surface area contributed by atoms with Crippen LogP contribution in [0.4, 0.5) is 0 Å². The number of aliphatic hydroxyl groups is 2. The Kier molecular flexibility index (Phi) is 8.83. The van der Waals surface area contributed by atoms with Crippen molar-refractivity contribution < 1.29 is 10.2 Å². The fourth-order valence-electron chi connectivity index (χ4n) is 1.61. The van der Waals surface area contributed by atoms with E-state index in [2.05, 4.69) is 28.9 Å². The zero-order valence-electron chi connectivity index (χ0n) is 12.0. The van der Waals surface area contributed by atoms with Crippen LogP contribution in [-0.2, 0) is 0 Å². The van der Waals surface area contributed by atoms with Crippen molar-refractivity contribution >= 4 is 15.9 Å². The number of alkyl halides is 1. The average Bonchev–Trinajstić information content (AvgIpc) is 2.24. The minimum Gasteiger partial charge on any atom is -0.392 e. The van der Waals surface area contributed by atoms with Crippen LogP contribution in [0.5, 0.6) is 0 Å². The Hall–Kier alpha value is -0.120. The number of allylic oxidation sites excluding steroid dienone is 3. The van der Waals surface area contributed by atoms with E-state index in [0.717, 1.165) is 25.7 Å². The van der Waals surface area contributed by atoms with Crippen LogP contribution in [0.2, 0.25) is 0 Å². The molecule has 0 aliphatic rings. The molecule has 1 unspecified atom stereocenters. The summed E-state index contributed by atoms with van der Waals surface area (Å²) in [5, 5.41) is 18.6. The summed E-state index contributed by atoms with van der Waals surface area (Å²) >= 11 is 3.52. The van der Waals surface area contributed by atoms with Crippen LogP contribution in [0.25, 0.3) is 0 Å². The molecule has 18 heavy (non-hydrogen) atoms. The van der Waals surface area contributed by atoms with Gasteiger partial charge in [-0.05, 0) is 53.4 Å². The summed E-state index contributed by atoms with van der Waals surface area (Å²) in [7, 11) is 0. The predicted octanol–water partition coefficient (Wildman–Crippen LogP) is 3.97. The number of rotatable bonds is 8. The Morgan fingerprint density at radius 2 is 1.72 bits per heavy atom. The third kappa shape index (κ3) is 8.90. The van der Waals surface area contributed by atoms with Crippen molar-refractivity contribution in [2.75, 3.05) is 6.61 Å². The zero-order chi connectivity index (χ0) is 14.2. The first-order chi connectivity index (χ1) is 8.27. The third-order valence-electron chi connectivity index (χ3n) is 3.03. The van der Waals surface area contributed by atoms with Gasteiger partial charge in [-0.3, -0.25) is 0 Å². The van der Waals surface area contributed by atoms with Crippen LogP contribution in [0.15, 0.2) is 23.3 Å². The maximum atomic E-state index is 9.81.